The van der Waals surface area contributed by atoms with Crippen molar-refractivity contribution in [1.29, 1.82) is 0 Å². The van der Waals surface area contributed by atoms with E-state index in [1.165, 1.54) is 6.07 Å². The lowest BCUT2D eigenvalue weighted by Gasteiger charge is -2.14. The molecule has 4 aromatic rings. The molecule has 0 radical (unpaired) electrons. The van der Waals surface area contributed by atoms with Crippen LogP contribution in [0.1, 0.15) is 43.6 Å². The first-order chi connectivity index (χ1) is 18.4. The lowest BCUT2D eigenvalue weighted by Crippen LogP contribution is -2.11. The summed E-state index contributed by atoms with van der Waals surface area (Å²) in [6.45, 7) is 11.8. The fourth-order valence-electron chi connectivity index (χ4n) is 4.32. The van der Waals surface area contributed by atoms with E-state index in [1.807, 2.05) is 31.2 Å². The summed E-state index contributed by atoms with van der Waals surface area (Å²) in [5, 5.41) is 6.90. The van der Waals surface area contributed by atoms with Gasteiger partial charge in [0.05, 0.1) is 22.5 Å². The van der Waals surface area contributed by atoms with Crippen molar-refractivity contribution in [3.8, 4) is 10.6 Å². The van der Waals surface area contributed by atoms with Gasteiger partial charge in [0.1, 0.15) is 5.69 Å². The van der Waals surface area contributed by atoms with Crippen LogP contribution >= 0.6 is 11.3 Å². The predicted molar refractivity (Wildman–Crippen MR) is 155 cm³/mol. The maximum absolute atomic E-state index is 16.1. The van der Waals surface area contributed by atoms with Gasteiger partial charge in [-0.3, -0.25) is 9.97 Å². The largest absolute Gasteiger partial charge is 0.387 e. The number of aromatic nitrogens is 3. The van der Waals surface area contributed by atoms with Gasteiger partial charge >= 0.3 is 0 Å². The Hall–Kier alpha value is -4.04. The second kappa shape index (κ2) is 12.0. The highest BCUT2D eigenvalue weighted by molar-refractivity contribution is 7.13. The molecule has 0 bridgehead atoms. The van der Waals surface area contributed by atoms with Crippen molar-refractivity contribution in [3.05, 3.63) is 107 Å². The normalized spacial score (nSPS) is 12.1. The average Bonchev–Trinajstić information content (AvgIpc) is 3.53. The number of allylic oxidation sites excluding steroid dienone is 5. The van der Waals surface area contributed by atoms with Crippen LogP contribution in [0.2, 0.25) is 0 Å². The third kappa shape index (κ3) is 5.75. The summed E-state index contributed by atoms with van der Waals surface area (Å²) in [5.74, 6) is -0.408. The van der Waals surface area contributed by atoms with Crippen molar-refractivity contribution in [2.24, 2.45) is 0 Å². The molecule has 4 rings (SSSR count). The summed E-state index contributed by atoms with van der Waals surface area (Å²) >= 11 is 1.05. The Kier molecular flexibility index (Phi) is 8.53. The van der Waals surface area contributed by atoms with Crippen LogP contribution in [0.4, 0.5) is 14.5 Å². The molecule has 5 nitrogen and oxygen atoms in total. The Morgan fingerprint density at radius 3 is 2.68 bits per heavy atom. The van der Waals surface area contributed by atoms with E-state index in [0.29, 0.717) is 28.9 Å². The number of halogens is 2. The van der Waals surface area contributed by atoms with Crippen LogP contribution in [0.3, 0.4) is 0 Å². The summed E-state index contributed by atoms with van der Waals surface area (Å²) in [5.41, 5.74) is 5.89. The Morgan fingerprint density at radius 1 is 1.21 bits per heavy atom. The third-order valence-electron chi connectivity index (χ3n) is 6.16. The van der Waals surface area contributed by atoms with E-state index in [4.69, 9.17) is 0 Å². The van der Waals surface area contributed by atoms with Crippen molar-refractivity contribution >= 4 is 33.5 Å². The molecular weight excluding hydrogens is 500 g/mol. The van der Waals surface area contributed by atoms with Gasteiger partial charge in [-0.1, -0.05) is 32.6 Å². The average molecular weight is 532 g/mol. The van der Waals surface area contributed by atoms with Crippen molar-refractivity contribution in [3.63, 3.8) is 0 Å². The van der Waals surface area contributed by atoms with Crippen molar-refractivity contribution < 1.29 is 8.78 Å². The summed E-state index contributed by atoms with van der Waals surface area (Å²) in [6, 6.07) is 6.96. The highest BCUT2D eigenvalue weighted by Gasteiger charge is 2.19. The van der Waals surface area contributed by atoms with Gasteiger partial charge in [0.15, 0.2) is 10.9 Å². The predicted octanol–water partition coefficient (Wildman–Crippen LogP) is 7.97. The molecule has 0 saturated heterocycles. The summed E-state index contributed by atoms with van der Waals surface area (Å²) < 4.78 is 29.8. The molecular formula is C30H31F2N5S. The number of nitrogens with zero attached hydrogens (tertiary/aromatic N) is 2. The van der Waals surface area contributed by atoms with Crippen LogP contribution in [0.15, 0.2) is 79.4 Å². The van der Waals surface area contributed by atoms with E-state index in [9.17, 15) is 4.39 Å². The lowest BCUT2D eigenvalue weighted by atomic mass is 10.0. The molecule has 0 saturated carbocycles. The molecule has 0 aliphatic carbocycles. The number of H-pyrrole nitrogens is 1. The number of anilines is 1. The van der Waals surface area contributed by atoms with E-state index in [2.05, 4.69) is 45.7 Å². The molecule has 38 heavy (non-hydrogen) atoms. The molecule has 0 atom stereocenters. The van der Waals surface area contributed by atoms with E-state index >= 15 is 4.39 Å². The minimum absolute atomic E-state index is 0.247. The standard InChI is InChI=1S/C30H31F2N5S/c1-6-9-18(4)36-20(8-3)14-19(7-2)29-28(32)22(25(33-5)17-35-29)15-21-16-23-24(37-21)12-13-34-30(23)26-10-11-27(31)38-26/h7-8,10-14,16-17,33,36-37H,3-4,6,9,15H2,1-2,5H3/b19-7+,20-14+. The van der Waals surface area contributed by atoms with E-state index in [-0.39, 0.29) is 10.8 Å². The SMILES string of the molecule is C=C/C(=C\C(=C/C)c1ncc(NC)c(Cc2cc3c(-c4ccc(F)s4)nccc3[nH]2)c1F)NC(=C)CCC. The Balaban J connectivity index is 1.72. The molecule has 0 aliphatic rings. The number of fused-ring (bicyclic) bond motifs is 1. The number of aromatic amines is 1. The molecule has 0 spiro atoms. The number of nitrogens with one attached hydrogen (secondary N) is 3. The number of hydrogen-bond donors (Lipinski definition) is 3. The van der Waals surface area contributed by atoms with E-state index in [0.717, 1.165) is 57.0 Å². The Morgan fingerprint density at radius 2 is 2.03 bits per heavy atom. The first kappa shape index (κ1) is 27.0. The quantitative estimate of drug-likeness (QED) is 0.172. The summed E-state index contributed by atoms with van der Waals surface area (Å²) in [4.78, 5) is 13.0. The number of hydrogen-bond acceptors (Lipinski definition) is 5. The maximum atomic E-state index is 16.1. The molecule has 0 amide bonds. The van der Waals surface area contributed by atoms with Crippen molar-refractivity contribution in [2.45, 2.75) is 33.1 Å². The van der Waals surface area contributed by atoms with Crippen molar-refractivity contribution in [2.75, 3.05) is 12.4 Å². The van der Waals surface area contributed by atoms with Gasteiger partial charge in [0.25, 0.3) is 0 Å². The van der Waals surface area contributed by atoms with Gasteiger partial charge in [-0.15, -0.1) is 11.3 Å². The molecule has 0 aromatic carbocycles. The van der Waals surface area contributed by atoms with Crippen LogP contribution in [0.5, 0.6) is 0 Å². The minimum Gasteiger partial charge on any atom is -0.387 e. The van der Waals surface area contributed by atoms with Gasteiger partial charge < -0.3 is 15.6 Å². The second-order valence-electron chi connectivity index (χ2n) is 8.79. The fourth-order valence-corrected chi connectivity index (χ4v) is 5.06. The Bertz CT molecular complexity index is 1540. The summed E-state index contributed by atoms with van der Waals surface area (Å²) in [7, 11) is 1.74. The molecule has 4 heterocycles. The molecule has 8 heteroatoms. The first-order valence-corrected chi connectivity index (χ1v) is 13.2. The van der Waals surface area contributed by atoms with Gasteiger partial charge in [-0.05, 0) is 49.8 Å². The first-order valence-electron chi connectivity index (χ1n) is 12.4. The second-order valence-corrected chi connectivity index (χ2v) is 9.82. The van der Waals surface area contributed by atoms with Gasteiger partial charge in [0, 0.05) is 58.8 Å². The van der Waals surface area contributed by atoms with E-state index < -0.39 is 5.82 Å². The van der Waals surface area contributed by atoms with Crippen LogP contribution in [0, 0.1) is 10.9 Å². The van der Waals surface area contributed by atoms with E-state index in [1.54, 1.807) is 31.6 Å². The Labute approximate surface area is 225 Å². The topological polar surface area (TPSA) is 65.6 Å². The zero-order chi connectivity index (χ0) is 27.2. The summed E-state index contributed by atoms with van der Waals surface area (Å²) in [6.07, 6.45) is 10.7. The number of thiophene rings is 1. The van der Waals surface area contributed by atoms with Crippen molar-refractivity contribution in [1.82, 2.24) is 20.3 Å². The zero-order valence-corrected chi connectivity index (χ0v) is 22.6. The monoisotopic (exact) mass is 531 g/mol. The molecule has 196 valence electrons. The zero-order valence-electron chi connectivity index (χ0n) is 21.8. The molecule has 0 fully saturated rings. The van der Waals surface area contributed by atoms with Crippen LogP contribution < -0.4 is 10.6 Å². The highest BCUT2D eigenvalue weighted by atomic mass is 32.1. The lowest BCUT2D eigenvalue weighted by molar-refractivity contribution is 0.603. The molecule has 4 aromatic heterocycles. The molecule has 0 aliphatic heterocycles. The number of rotatable bonds is 11. The smallest absolute Gasteiger partial charge is 0.177 e. The highest BCUT2D eigenvalue weighted by Crippen LogP contribution is 2.33. The van der Waals surface area contributed by atoms with Crippen LogP contribution in [-0.2, 0) is 6.42 Å². The van der Waals surface area contributed by atoms with Gasteiger partial charge in [-0.2, -0.15) is 4.39 Å². The number of pyridine rings is 2. The van der Waals surface area contributed by atoms with Gasteiger partial charge in [-0.25, -0.2) is 4.39 Å². The molecule has 0 unspecified atom stereocenters. The molecule has 3 N–H and O–H groups in total. The third-order valence-corrected chi connectivity index (χ3v) is 7.04. The fraction of sp³-hybridized carbons (Fsp3) is 0.200. The van der Waals surface area contributed by atoms with Crippen LogP contribution in [-0.4, -0.2) is 22.0 Å². The maximum Gasteiger partial charge on any atom is 0.177 e. The minimum atomic E-state index is -0.408. The van der Waals surface area contributed by atoms with Crippen LogP contribution in [0.25, 0.3) is 27.0 Å². The van der Waals surface area contributed by atoms with Gasteiger partial charge in [0.2, 0.25) is 0 Å².